The minimum atomic E-state index is -4.60. The van der Waals surface area contributed by atoms with Crippen molar-refractivity contribution in [1.29, 1.82) is 0 Å². The van der Waals surface area contributed by atoms with Crippen molar-refractivity contribution in [2.45, 2.75) is 64.3 Å². The molecule has 1 saturated carbocycles. The lowest BCUT2D eigenvalue weighted by Gasteiger charge is -2.23. The van der Waals surface area contributed by atoms with Gasteiger partial charge in [0.1, 0.15) is 24.0 Å². The molecule has 1 N–H and O–H groups in total. The number of alkyl halides is 5. The number of hydrogen-bond donors (Lipinski definition) is 1. The maximum atomic E-state index is 13.6. The quantitative estimate of drug-likeness (QED) is 0.169. The molecule has 1 fully saturated rings. The summed E-state index contributed by atoms with van der Waals surface area (Å²) in [6.45, 7) is 3.52. The molecule has 12 nitrogen and oxygen atoms in total. The van der Waals surface area contributed by atoms with Crippen LogP contribution in [0.4, 0.5) is 27.9 Å². The van der Waals surface area contributed by atoms with Crippen LogP contribution in [0.1, 0.15) is 73.3 Å². The first-order valence-corrected chi connectivity index (χ1v) is 14.9. The van der Waals surface area contributed by atoms with Gasteiger partial charge in [-0.1, -0.05) is 24.3 Å². The van der Waals surface area contributed by atoms with Crippen molar-refractivity contribution in [3.63, 3.8) is 0 Å². The van der Waals surface area contributed by atoms with Gasteiger partial charge in [0.05, 0.1) is 30.6 Å². The van der Waals surface area contributed by atoms with Crippen LogP contribution in [0.15, 0.2) is 54.0 Å². The Balaban J connectivity index is 1.37. The fraction of sp³-hybridized carbons (Fsp3) is 0.355. The van der Waals surface area contributed by atoms with E-state index in [-0.39, 0.29) is 54.2 Å². The molecule has 4 aromatic heterocycles. The molecule has 17 heteroatoms. The molecule has 250 valence electrons. The molecule has 5 aromatic rings. The molecule has 0 bridgehead atoms. The Morgan fingerprint density at radius 3 is 2.40 bits per heavy atom. The molecule has 0 radical (unpaired) electrons. The number of nitrogens with one attached hydrogen (secondary N) is 1. The zero-order valence-corrected chi connectivity index (χ0v) is 25.9. The van der Waals surface area contributed by atoms with Gasteiger partial charge in [-0.3, -0.25) is 4.79 Å². The zero-order valence-electron chi connectivity index (χ0n) is 25.9. The number of anilines is 1. The van der Waals surface area contributed by atoms with E-state index >= 15 is 0 Å². The molecule has 0 saturated heterocycles. The fourth-order valence-electron chi connectivity index (χ4n) is 5.19. The van der Waals surface area contributed by atoms with Gasteiger partial charge in [-0.05, 0) is 38.3 Å². The smallest absolute Gasteiger partial charge is 0.434 e. The van der Waals surface area contributed by atoms with E-state index in [2.05, 4.69) is 40.1 Å². The van der Waals surface area contributed by atoms with Crippen molar-refractivity contribution in [3.05, 3.63) is 87.7 Å². The van der Waals surface area contributed by atoms with E-state index in [4.69, 9.17) is 4.74 Å². The monoisotopic (exact) mass is 668 g/mol. The van der Waals surface area contributed by atoms with Crippen LogP contribution >= 0.6 is 0 Å². The Bertz CT molecular complexity index is 1970. The Labute approximate surface area is 270 Å². The highest BCUT2D eigenvalue weighted by Crippen LogP contribution is 2.45. The Hall–Kier alpha value is -5.35. The number of rotatable bonds is 11. The van der Waals surface area contributed by atoms with Crippen molar-refractivity contribution in [3.8, 4) is 28.7 Å². The van der Waals surface area contributed by atoms with Crippen LogP contribution in [0, 0.1) is 0 Å². The number of nitrogens with zero attached hydrogens (tertiary/aromatic N) is 9. The van der Waals surface area contributed by atoms with Crippen LogP contribution in [-0.4, -0.2) is 51.8 Å². The SMILES string of the molecule is COc1ncnc(C2CC2)c1-c1ncnc(N(Cc2ccc(-c3nc(C(F)(F)F)cn3C(C)C)cc2)Cc2cc(C(F)F)c(=O)[nH]n2)n1. The summed E-state index contributed by atoms with van der Waals surface area (Å²) in [5.41, 5.74) is -0.234. The number of halogens is 5. The highest BCUT2D eigenvalue weighted by Gasteiger charge is 2.35. The molecule has 0 atom stereocenters. The molecule has 4 heterocycles. The van der Waals surface area contributed by atoms with Gasteiger partial charge in [0.2, 0.25) is 11.8 Å². The number of H-pyrrole nitrogens is 1. The molecular formula is C31H29F5N10O2. The van der Waals surface area contributed by atoms with E-state index in [0.29, 0.717) is 16.7 Å². The first-order chi connectivity index (χ1) is 22.9. The molecule has 0 unspecified atom stereocenters. The maximum Gasteiger partial charge on any atom is 0.434 e. The fourth-order valence-corrected chi connectivity index (χ4v) is 5.19. The molecule has 0 aliphatic heterocycles. The lowest BCUT2D eigenvalue weighted by Crippen LogP contribution is -2.27. The van der Waals surface area contributed by atoms with E-state index < -0.39 is 29.4 Å². The van der Waals surface area contributed by atoms with Gasteiger partial charge in [0.15, 0.2) is 11.5 Å². The summed E-state index contributed by atoms with van der Waals surface area (Å²) in [7, 11) is 1.47. The molecule has 0 spiro atoms. The molecular weight excluding hydrogens is 639 g/mol. The topological polar surface area (TPSA) is 140 Å². The van der Waals surface area contributed by atoms with Gasteiger partial charge < -0.3 is 14.2 Å². The molecule has 6 rings (SSSR count). The van der Waals surface area contributed by atoms with E-state index in [9.17, 15) is 26.7 Å². The predicted octanol–water partition coefficient (Wildman–Crippen LogP) is 5.91. The summed E-state index contributed by atoms with van der Waals surface area (Å²) in [4.78, 5) is 39.5. The van der Waals surface area contributed by atoms with Crippen molar-refractivity contribution >= 4 is 5.95 Å². The van der Waals surface area contributed by atoms with Crippen LogP contribution in [-0.2, 0) is 19.3 Å². The third kappa shape index (κ3) is 6.84. The summed E-state index contributed by atoms with van der Waals surface area (Å²) in [6, 6.07) is 7.45. The molecule has 1 aliphatic carbocycles. The van der Waals surface area contributed by atoms with Crippen LogP contribution in [0.5, 0.6) is 5.88 Å². The summed E-state index contributed by atoms with van der Waals surface area (Å²) in [6.07, 6.45) is -2.06. The minimum Gasteiger partial charge on any atom is -0.480 e. The number of hydrogen-bond acceptors (Lipinski definition) is 10. The largest absolute Gasteiger partial charge is 0.480 e. The molecule has 1 aromatic carbocycles. The summed E-state index contributed by atoms with van der Waals surface area (Å²) < 4.78 is 74.5. The third-order valence-corrected chi connectivity index (χ3v) is 7.70. The molecule has 1 aliphatic rings. The molecule has 0 amide bonds. The normalized spacial score (nSPS) is 13.4. The van der Waals surface area contributed by atoms with Crippen molar-refractivity contribution < 1.29 is 26.7 Å². The highest BCUT2D eigenvalue weighted by molar-refractivity contribution is 5.66. The Morgan fingerprint density at radius 2 is 1.75 bits per heavy atom. The molecule has 48 heavy (non-hydrogen) atoms. The summed E-state index contributed by atoms with van der Waals surface area (Å²) in [5, 5.41) is 6.07. The van der Waals surface area contributed by atoms with E-state index in [0.717, 1.165) is 30.8 Å². The zero-order chi connectivity index (χ0) is 34.2. The summed E-state index contributed by atoms with van der Waals surface area (Å²) in [5.74, 6) is 1.02. The Kier molecular flexibility index (Phi) is 8.85. The lowest BCUT2D eigenvalue weighted by atomic mass is 10.1. The first-order valence-electron chi connectivity index (χ1n) is 14.9. The van der Waals surface area contributed by atoms with Crippen LogP contribution in [0.3, 0.4) is 0 Å². The second kappa shape index (κ2) is 13.0. The van der Waals surface area contributed by atoms with Crippen molar-refractivity contribution in [2.75, 3.05) is 12.0 Å². The predicted molar refractivity (Wildman–Crippen MR) is 162 cm³/mol. The average molecular weight is 669 g/mol. The third-order valence-electron chi connectivity index (χ3n) is 7.70. The second-order valence-corrected chi connectivity index (χ2v) is 11.5. The number of aromatic nitrogens is 9. The average Bonchev–Trinajstić information content (AvgIpc) is 3.81. The van der Waals surface area contributed by atoms with Crippen molar-refractivity contribution in [1.82, 2.24) is 44.7 Å². The number of methoxy groups -OCH3 is 1. The van der Waals surface area contributed by atoms with Crippen molar-refractivity contribution in [2.24, 2.45) is 0 Å². The van der Waals surface area contributed by atoms with Gasteiger partial charge in [-0.15, -0.1) is 0 Å². The lowest BCUT2D eigenvalue weighted by molar-refractivity contribution is -0.140. The van der Waals surface area contributed by atoms with E-state index in [1.165, 1.54) is 24.3 Å². The second-order valence-electron chi connectivity index (χ2n) is 11.5. The first kappa shape index (κ1) is 32.6. The van der Waals surface area contributed by atoms with Crippen LogP contribution in [0.2, 0.25) is 0 Å². The highest BCUT2D eigenvalue weighted by atomic mass is 19.4. The van der Waals surface area contributed by atoms with Gasteiger partial charge in [-0.25, -0.2) is 38.8 Å². The van der Waals surface area contributed by atoms with Gasteiger partial charge in [0.25, 0.3) is 12.0 Å². The van der Waals surface area contributed by atoms with Gasteiger partial charge in [0, 0.05) is 30.3 Å². The number of aromatic amines is 1. The number of benzene rings is 1. The number of ether oxygens (including phenoxy) is 1. The minimum absolute atomic E-state index is 0.105. The van der Waals surface area contributed by atoms with E-state index in [1.807, 2.05) is 0 Å². The van der Waals surface area contributed by atoms with Gasteiger partial charge >= 0.3 is 6.18 Å². The van der Waals surface area contributed by atoms with Crippen LogP contribution in [0.25, 0.3) is 22.8 Å². The summed E-state index contributed by atoms with van der Waals surface area (Å²) >= 11 is 0. The Morgan fingerprint density at radius 1 is 1.02 bits per heavy atom. The van der Waals surface area contributed by atoms with E-state index in [1.54, 1.807) is 43.0 Å². The van der Waals surface area contributed by atoms with Gasteiger partial charge in [-0.2, -0.15) is 23.3 Å². The number of imidazole rings is 1. The van der Waals surface area contributed by atoms with Crippen LogP contribution < -0.4 is 15.2 Å². The maximum absolute atomic E-state index is 13.6. The standard InChI is InChI=1S/C31H29F5N10O2/c1-16(2)46-13-22(31(34,35)36)41-27(46)19-6-4-17(5-7-19)11-45(12-20-10-21(25(32)33)28(47)44-43-20)30-40-15-38-26(42-30)23-24(18-8-9-18)37-14-39-29(23)48-3/h4-7,10,13-16,18,25H,8-9,11-12H2,1-3H3,(H,44,47).